The third-order valence-corrected chi connectivity index (χ3v) is 4.89. The van der Waals surface area contributed by atoms with E-state index >= 15 is 0 Å². The number of amides is 1. The van der Waals surface area contributed by atoms with Crippen molar-refractivity contribution in [2.45, 2.75) is 20.3 Å². The third kappa shape index (κ3) is 5.22. The molecule has 4 aromatic rings. The molecule has 0 spiro atoms. The summed E-state index contributed by atoms with van der Waals surface area (Å²) < 4.78 is 0. The molecule has 2 heterocycles. The Morgan fingerprint density at radius 3 is 2.76 bits per heavy atom. The van der Waals surface area contributed by atoms with Crippen LogP contribution in [0.1, 0.15) is 31.5 Å². The number of carbonyl (C=O) groups is 1. The number of non-ortho nitro benzene ring substituents is 1. The number of nitrogens with one attached hydrogen (secondary N) is 2. The minimum absolute atomic E-state index is 0.00794. The molecule has 4 rings (SSSR count). The molecule has 1 amide bonds. The predicted molar refractivity (Wildman–Crippen MR) is 126 cm³/mol. The van der Waals surface area contributed by atoms with Gasteiger partial charge in [0.15, 0.2) is 0 Å². The molecule has 8 nitrogen and oxygen atoms in total. The van der Waals surface area contributed by atoms with E-state index in [9.17, 15) is 14.9 Å². The summed E-state index contributed by atoms with van der Waals surface area (Å²) in [6.07, 6.45) is 3.79. The smallest absolute Gasteiger partial charge is 0.270 e. The molecular weight excluding hydrogens is 418 g/mol. The van der Waals surface area contributed by atoms with E-state index in [0.717, 1.165) is 22.0 Å². The predicted octanol–water partition coefficient (Wildman–Crippen LogP) is 4.92. The van der Waals surface area contributed by atoms with Gasteiger partial charge >= 0.3 is 0 Å². The molecule has 0 saturated heterocycles. The molecule has 0 fully saturated rings. The SMILES string of the molecule is CC(C)CC(=O)Nc1cncc(-c2ccc3n[nH]c(C#Cc4cccc([N+](=O)[O-])c4)c3c2)c1. The minimum Gasteiger partial charge on any atom is -0.325 e. The highest BCUT2D eigenvalue weighted by Crippen LogP contribution is 2.26. The van der Waals surface area contributed by atoms with Crippen molar-refractivity contribution in [3.8, 4) is 23.0 Å². The maximum absolute atomic E-state index is 12.1. The van der Waals surface area contributed by atoms with Gasteiger partial charge in [-0.15, -0.1) is 0 Å². The second-order valence-corrected chi connectivity index (χ2v) is 8.00. The van der Waals surface area contributed by atoms with Gasteiger partial charge in [0.2, 0.25) is 5.91 Å². The van der Waals surface area contributed by atoms with Gasteiger partial charge in [0.1, 0.15) is 5.69 Å². The molecule has 164 valence electrons. The molecular formula is C25H21N5O3. The highest BCUT2D eigenvalue weighted by atomic mass is 16.6. The number of benzene rings is 2. The van der Waals surface area contributed by atoms with Crippen molar-refractivity contribution >= 4 is 28.2 Å². The fourth-order valence-electron chi connectivity index (χ4n) is 3.37. The molecule has 0 bridgehead atoms. The number of hydrogen-bond donors (Lipinski definition) is 2. The Hall–Kier alpha value is -4.51. The maximum atomic E-state index is 12.1. The molecule has 0 saturated carbocycles. The zero-order valence-electron chi connectivity index (χ0n) is 18.1. The van der Waals surface area contributed by atoms with Crippen LogP contribution in [0.25, 0.3) is 22.0 Å². The number of nitrogens with zero attached hydrogens (tertiary/aromatic N) is 3. The van der Waals surface area contributed by atoms with E-state index in [4.69, 9.17) is 0 Å². The van der Waals surface area contributed by atoms with Crippen LogP contribution in [0.4, 0.5) is 11.4 Å². The number of anilines is 1. The van der Waals surface area contributed by atoms with Crippen molar-refractivity contribution in [1.82, 2.24) is 15.2 Å². The second-order valence-electron chi connectivity index (χ2n) is 8.00. The number of hydrogen-bond acceptors (Lipinski definition) is 5. The van der Waals surface area contributed by atoms with Gasteiger partial charge in [0, 0.05) is 41.3 Å². The maximum Gasteiger partial charge on any atom is 0.270 e. The van der Waals surface area contributed by atoms with Crippen molar-refractivity contribution in [1.29, 1.82) is 0 Å². The highest BCUT2D eigenvalue weighted by molar-refractivity contribution is 5.92. The van der Waals surface area contributed by atoms with Gasteiger partial charge in [0.25, 0.3) is 5.69 Å². The standard InChI is InChI=1S/C25H21N5O3/c1-16(2)10-25(31)27-20-12-19(14-26-15-20)18-7-9-24-22(13-18)23(28-29-24)8-6-17-4-3-5-21(11-17)30(32)33/h3-5,7,9,11-16H,10H2,1-2H3,(H,27,31)(H,28,29). The first kappa shape index (κ1) is 21.7. The first-order valence-electron chi connectivity index (χ1n) is 10.4. The Labute approximate surface area is 190 Å². The molecule has 33 heavy (non-hydrogen) atoms. The lowest BCUT2D eigenvalue weighted by atomic mass is 10.0. The van der Waals surface area contributed by atoms with Gasteiger partial charge in [-0.05, 0) is 41.7 Å². The molecule has 0 unspecified atom stereocenters. The largest absolute Gasteiger partial charge is 0.325 e. The van der Waals surface area contributed by atoms with Gasteiger partial charge < -0.3 is 5.32 Å². The van der Waals surface area contributed by atoms with E-state index in [2.05, 4.69) is 32.3 Å². The number of rotatable bonds is 5. The number of aromatic nitrogens is 3. The molecule has 0 aliphatic rings. The number of pyridine rings is 1. The molecule has 8 heteroatoms. The van der Waals surface area contributed by atoms with E-state index < -0.39 is 4.92 Å². The van der Waals surface area contributed by atoms with Crippen molar-refractivity contribution in [3.63, 3.8) is 0 Å². The van der Waals surface area contributed by atoms with Crippen LogP contribution in [0.15, 0.2) is 60.9 Å². The number of nitro benzene ring substituents is 1. The first-order valence-corrected chi connectivity index (χ1v) is 10.4. The van der Waals surface area contributed by atoms with Crippen LogP contribution in [0, 0.1) is 27.9 Å². The van der Waals surface area contributed by atoms with Gasteiger partial charge in [-0.1, -0.05) is 31.9 Å². The van der Waals surface area contributed by atoms with Crippen LogP contribution in [0.2, 0.25) is 0 Å². The summed E-state index contributed by atoms with van der Waals surface area (Å²) in [5.74, 6) is 6.20. The quantitative estimate of drug-likeness (QED) is 0.260. The first-order chi connectivity index (χ1) is 15.9. The van der Waals surface area contributed by atoms with E-state index in [1.807, 2.05) is 38.1 Å². The number of H-pyrrole nitrogens is 1. The fraction of sp³-hybridized carbons (Fsp3) is 0.160. The number of aromatic amines is 1. The van der Waals surface area contributed by atoms with Crippen molar-refractivity contribution in [2.75, 3.05) is 5.32 Å². The molecule has 0 aliphatic carbocycles. The Morgan fingerprint density at radius 1 is 1.12 bits per heavy atom. The summed E-state index contributed by atoms with van der Waals surface area (Å²) >= 11 is 0. The Bertz CT molecular complexity index is 1410. The molecule has 0 radical (unpaired) electrons. The zero-order chi connectivity index (χ0) is 23.4. The monoisotopic (exact) mass is 439 g/mol. The van der Waals surface area contributed by atoms with E-state index in [0.29, 0.717) is 23.4 Å². The normalized spacial score (nSPS) is 10.6. The van der Waals surface area contributed by atoms with Crippen molar-refractivity contribution in [2.24, 2.45) is 5.92 Å². The summed E-state index contributed by atoms with van der Waals surface area (Å²) in [4.78, 5) is 26.9. The van der Waals surface area contributed by atoms with Gasteiger partial charge in [-0.2, -0.15) is 5.10 Å². The molecule has 2 N–H and O–H groups in total. The fourth-order valence-corrected chi connectivity index (χ4v) is 3.37. The number of nitro groups is 1. The average molecular weight is 439 g/mol. The van der Waals surface area contributed by atoms with E-state index in [1.54, 1.807) is 24.5 Å². The zero-order valence-corrected chi connectivity index (χ0v) is 18.1. The second kappa shape index (κ2) is 9.32. The summed E-state index contributed by atoms with van der Waals surface area (Å²) in [5.41, 5.74) is 4.26. The Morgan fingerprint density at radius 2 is 1.97 bits per heavy atom. The van der Waals surface area contributed by atoms with Crippen molar-refractivity contribution in [3.05, 3.63) is 82.3 Å². The molecule has 0 aliphatic heterocycles. The summed E-state index contributed by atoms with van der Waals surface area (Å²) in [7, 11) is 0. The Balaban J connectivity index is 1.63. The van der Waals surface area contributed by atoms with Gasteiger partial charge in [0.05, 0.1) is 22.3 Å². The topological polar surface area (TPSA) is 114 Å². The van der Waals surface area contributed by atoms with Crippen LogP contribution in [0.3, 0.4) is 0 Å². The van der Waals surface area contributed by atoms with Crippen molar-refractivity contribution < 1.29 is 9.72 Å². The van der Waals surface area contributed by atoms with Gasteiger partial charge in [-0.25, -0.2) is 0 Å². The Kier molecular flexibility index (Phi) is 6.13. The minimum atomic E-state index is -0.448. The summed E-state index contributed by atoms with van der Waals surface area (Å²) in [6.45, 7) is 3.99. The van der Waals surface area contributed by atoms with Crippen LogP contribution < -0.4 is 5.32 Å². The van der Waals surface area contributed by atoms with E-state index in [-0.39, 0.29) is 17.5 Å². The summed E-state index contributed by atoms with van der Waals surface area (Å²) in [5, 5.41) is 21.9. The van der Waals surface area contributed by atoms with E-state index in [1.165, 1.54) is 12.1 Å². The van der Waals surface area contributed by atoms with Crippen LogP contribution in [-0.4, -0.2) is 26.0 Å². The lowest BCUT2D eigenvalue weighted by molar-refractivity contribution is -0.384. The molecule has 2 aromatic carbocycles. The van der Waals surface area contributed by atoms with Crippen LogP contribution in [-0.2, 0) is 4.79 Å². The average Bonchev–Trinajstić information content (AvgIpc) is 3.19. The lowest BCUT2D eigenvalue weighted by Crippen LogP contribution is -2.13. The van der Waals surface area contributed by atoms with Crippen LogP contribution >= 0.6 is 0 Å². The summed E-state index contributed by atoms with van der Waals surface area (Å²) in [6, 6.07) is 13.8. The highest BCUT2D eigenvalue weighted by Gasteiger charge is 2.10. The third-order valence-electron chi connectivity index (χ3n) is 4.89. The van der Waals surface area contributed by atoms with Gasteiger partial charge in [-0.3, -0.25) is 25.0 Å². The number of carbonyl (C=O) groups excluding carboxylic acids is 1. The molecule has 2 aromatic heterocycles. The number of fused-ring (bicyclic) bond motifs is 1. The van der Waals surface area contributed by atoms with Crippen LogP contribution in [0.5, 0.6) is 0 Å². The molecule has 0 atom stereocenters. The lowest BCUT2D eigenvalue weighted by Gasteiger charge is -2.08.